The molecule has 1 saturated heterocycles. The van der Waals surface area contributed by atoms with Gasteiger partial charge in [0, 0.05) is 12.8 Å². The molecule has 3 rings (SSSR count). The van der Waals surface area contributed by atoms with Crippen molar-refractivity contribution in [3.05, 3.63) is 0 Å². The van der Waals surface area contributed by atoms with E-state index in [-0.39, 0.29) is 37.5 Å². The lowest BCUT2D eigenvalue weighted by molar-refractivity contribution is -0.256. The Morgan fingerprint density at radius 1 is 0.962 bits per heavy atom. The van der Waals surface area contributed by atoms with Gasteiger partial charge in [-0.1, -0.05) is 0 Å². The van der Waals surface area contributed by atoms with Crippen molar-refractivity contribution in [3.8, 4) is 0 Å². The van der Waals surface area contributed by atoms with Crippen LogP contribution in [0.15, 0.2) is 10.2 Å². The van der Waals surface area contributed by atoms with Crippen LogP contribution < -0.4 is 0 Å². The van der Waals surface area contributed by atoms with Crippen molar-refractivity contribution < 1.29 is 29.3 Å². The van der Waals surface area contributed by atoms with Crippen LogP contribution in [-0.2, 0) is 19.1 Å². The summed E-state index contributed by atoms with van der Waals surface area (Å²) in [5, 5.41) is 33.0. The molecule has 0 aromatic heterocycles. The quantitative estimate of drug-likeness (QED) is 0.631. The molecule has 144 valence electrons. The zero-order valence-corrected chi connectivity index (χ0v) is 15.3. The van der Waals surface area contributed by atoms with Gasteiger partial charge in [-0.2, -0.15) is 10.2 Å². The van der Waals surface area contributed by atoms with Gasteiger partial charge < -0.3 is 19.7 Å². The Labute approximate surface area is 151 Å². The van der Waals surface area contributed by atoms with Crippen LogP contribution in [0, 0.1) is 0 Å². The molecule has 0 spiro atoms. The van der Waals surface area contributed by atoms with Gasteiger partial charge in [-0.3, -0.25) is 10.0 Å². The molecular formula is C16H24N4O6. The third kappa shape index (κ3) is 2.47. The Hall–Kier alpha value is -2.20. The Morgan fingerprint density at radius 2 is 1.31 bits per heavy atom. The fourth-order valence-corrected chi connectivity index (χ4v) is 3.67. The largest absolute Gasteiger partial charge is 0.461 e. The molecule has 0 radical (unpaired) electrons. The molecule has 0 bridgehead atoms. The van der Waals surface area contributed by atoms with E-state index in [1.165, 1.54) is 10.0 Å². The number of hydrogen-bond acceptors (Lipinski definition) is 10. The molecule has 0 aromatic carbocycles. The SMILES string of the molecule is CCOC(=O)C1=NN2[C@H](O)[C@]3(C)CC(C(=O)OCC)=NN3[C@@H](O)[C@]2(C)C1. The van der Waals surface area contributed by atoms with E-state index in [0.29, 0.717) is 0 Å². The summed E-state index contributed by atoms with van der Waals surface area (Å²) in [7, 11) is 0. The fraction of sp³-hybridized carbons (Fsp3) is 0.750. The normalized spacial score (nSPS) is 35.5. The first-order valence-corrected chi connectivity index (χ1v) is 8.63. The number of hydrogen-bond donors (Lipinski definition) is 2. The number of piperazine rings is 1. The number of esters is 2. The van der Waals surface area contributed by atoms with Crippen LogP contribution in [-0.4, -0.2) is 80.3 Å². The summed E-state index contributed by atoms with van der Waals surface area (Å²) in [6.45, 7) is 7.14. The molecular weight excluding hydrogens is 344 g/mol. The highest BCUT2D eigenvalue weighted by Crippen LogP contribution is 2.47. The number of aliphatic hydroxyl groups is 2. The van der Waals surface area contributed by atoms with Crippen LogP contribution in [0.4, 0.5) is 0 Å². The van der Waals surface area contributed by atoms with E-state index in [4.69, 9.17) is 9.47 Å². The third-order valence-corrected chi connectivity index (χ3v) is 5.15. The molecule has 0 aliphatic carbocycles. The summed E-state index contributed by atoms with van der Waals surface area (Å²) in [6.07, 6.45) is -2.22. The van der Waals surface area contributed by atoms with E-state index in [2.05, 4.69) is 10.2 Å². The van der Waals surface area contributed by atoms with E-state index in [1.54, 1.807) is 27.7 Å². The van der Waals surface area contributed by atoms with E-state index in [0.717, 1.165) is 0 Å². The summed E-state index contributed by atoms with van der Waals surface area (Å²) in [5.74, 6) is -1.16. The predicted octanol–water partition coefficient (Wildman–Crippen LogP) is -0.596. The molecule has 3 aliphatic rings. The van der Waals surface area contributed by atoms with Gasteiger partial charge >= 0.3 is 11.9 Å². The van der Waals surface area contributed by atoms with Gasteiger partial charge in [0.05, 0.1) is 13.2 Å². The minimum absolute atomic E-state index is 0.0842. The summed E-state index contributed by atoms with van der Waals surface area (Å²) >= 11 is 0. The lowest BCUT2D eigenvalue weighted by atomic mass is 9.82. The Balaban J connectivity index is 1.93. The second-order valence-corrected chi connectivity index (χ2v) is 7.04. The number of aliphatic hydroxyl groups excluding tert-OH is 2. The molecule has 0 unspecified atom stereocenters. The number of ether oxygens (including phenoxy) is 2. The Morgan fingerprint density at radius 3 is 1.62 bits per heavy atom. The molecule has 3 aliphatic heterocycles. The molecule has 10 heteroatoms. The second-order valence-electron chi connectivity index (χ2n) is 7.04. The molecule has 0 aromatic rings. The van der Waals surface area contributed by atoms with Crippen molar-refractivity contribution in [1.29, 1.82) is 0 Å². The van der Waals surface area contributed by atoms with E-state index >= 15 is 0 Å². The zero-order chi connectivity index (χ0) is 19.3. The number of nitrogens with zero attached hydrogens (tertiary/aromatic N) is 4. The molecule has 3 heterocycles. The van der Waals surface area contributed by atoms with Crippen LogP contribution >= 0.6 is 0 Å². The van der Waals surface area contributed by atoms with Crippen molar-refractivity contribution in [2.75, 3.05) is 13.2 Å². The average molecular weight is 368 g/mol. The number of carbonyl (C=O) groups is 2. The number of rotatable bonds is 4. The maximum atomic E-state index is 12.0. The van der Waals surface area contributed by atoms with Gasteiger partial charge in [0.15, 0.2) is 12.5 Å². The van der Waals surface area contributed by atoms with Gasteiger partial charge in [0.2, 0.25) is 0 Å². The second kappa shape index (κ2) is 6.20. The van der Waals surface area contributed by atoms with Crippen LogP contribution in [0.2, 0.25) is 0 Å². The van der Waals surface area contributed by atoms with Crippen molar-refractivity contribution in [1.82, 2.24) is 10.0 Å². The summed E-state index contributed by atoms with van der Waals surface area (Å²) in [5.41, 5.74) is -1.91. The number of carbonyl (C=O) groups excluding carboxylic acids is 2. The summed E-state index contributed by atoms with van der Waals surface area (Å²) in [6, 6.07) is 0. The van der Waals surface area contributed by atoms with Crippen molar-refractivity contribution in [3.63, 3.8) is 0 Å². The van der Waals surface area contributed by atoms with E-state index in [9.17, 15) is 19.8 Å². The third-order valence-electron chi connectivity index (χ3n) is 5.15. The van der Waals surface area contributed by atoms with Crippen LogP contribution in [0.25, 0.3) is 0 Å². The van der Waals surface area contributed by atoms with Gasteiger partial charge in [0.1, 0.15) is 22.5 Å². The Kier molecular flexibility index (Phi) is 4.43. The molecule has 10 nitrogen and oxygen atoms in total. The topological polar surface area (TPSA) is 124 Å². The van der Waals surface area contributed by atoms with Gasteiger partial charge in [0.25, 0.3) is 0 Å². The smallest absolute Gasteiger partial charge is 0.354 e. The molecule has 2 N–H and O–H groups in total. The first-order valence-electron chi connectivity index (χ1n) is 8.63. The number of fused-ring (bicyclic) bond motifs is 2. The molecule has 1 fully saturated rings. The lowest BCUT2D eigenvalue weighted by Crippen LogP contribution is -2.73. The first kappa shape index (κ1) is 18.6. The molecule has 0 amide bonds. The highest BCUT2D eigenvalue weighted by atomic mass is 16.5. The first-order chi connectivity index (χ1) is 12.2. The van der Waals surface area contributed by atoms with Gasteiger partial charge in [-0.15, -0.1) is 0 Å². The van der Waals surface area contributed by atoms with Crippen molar-refractivity contribution in [2.24, 2.45) is 10.2 Å². The zero-order valence-electron chi connectivity index (χ0n) is 15.3. The maximum Gasteiger partial charge on any atom is 0.354 e. The van der Waals surface area contributed by atoms with Crippen LogP contribution in [0.1, 0.15) is 40.5 Å². The molecule has 26 heavy (non-hydrogen) atoms. The maximum absolute atomic E-state index is 12.0. The molecule has 0 saturated carbocycles. The highest BCUT2D eigenvalue weighted by Gasteiger charge is 2.64. The average Bonchev–Trinajstić information content (AvgIpc) is 3.13. The minimum Gasteiger partial charge on any atom is -0.461 e. The number of hydrazone groups is 2. The monoisotopic (exact) mass is 368 g/mol. The van der Waals surface area contributed by atoms with E-state index < -0.39 is 35.5 Å². The van der Waals surface area contributed by atoms with Crippen molar-refractivity contribution in [2.45, 2.75) is 64.1 Å². The molecule has 4 atom stereocenters. The predicted molar refractivity (Wildman–Crippen MR) is 89.9 cm³/mol. The standard InChI is InChI=1S/C16H24N4O6/c1-5-25-11(21)9-7-15(3)13(23)20-16(4,14(24)19(15)17-9)8-10(18-20)12(22)26-6-2/h13-14,23-24H,5-8H2,1-4H3/t13-,14+,15-,16-/m0/s1. The van der Waals surface area contributed by atoms with Crippen LogP contribution in [0.5, 0.6) is 0 Å². The van der Waals surface area contributed by atoms with Gasteiger partial charge in [-0.05, 0) is 27.7 Å². The highest BCUT2D eigenvalue weighted by molar-refractivity contribution is 6.37. The fourth-order valence-electron chi connectivity index (χ4n) is 3.67. The minimum atomic E-state index is -1.20. The Bertz CT molecular complexity index is 636. The summed E-state index contributed by atoms with van der Waals surface area (Å²) in [4.78, 5) is 24.1. The lowest BCUT2D eigenvalue weighted by Gasteiger charge is -2.56. The summed E-state index contributed by atoms with van der Waals surface area (Å²) < 4.78 is 9.96. The van der Waals surface area contributed by atoms with Crippen LogP contribution in [0.3, 0.4) is 0 Å². The van der Waals surface area contributed by atoms with Crippen molar-refractivity contribution >= 4 is 23.4 Å². The van der Waals surface area contributed by atoms with Gasteiger partial charge in [-0.25, -0.2) is 9.59 Å². The van der Waals surface area contributed by atoms with E-state index in [1.807, 2.05) is 0 Å².